The van der Waals surface area contributed by atoms with Gasteiger partial charge in [0.1, 0.15) is 5.02 Å². The summed E-state index contributed by atoms with van der Waals surface area (Å²) < 4.78 is 19.1. The maximum absolute atomic E-state index is 13.8. The molecule has 4 nitrogen and oxygen atoms in total. The van der Waals surface area contributed by atoms with Crippen molar-refractivity contribution in [2.45, 2.75) is 6.92 Å². The SMILES string of the molecule is CNc1ncc(Cl)c(Oc2cccc(C)c2F)n1. The van der Waals surface area contributed by atoms with E-state index in [0.29, 0.717) is 11.5 Å². The molecule has 1 heterocycles. The van der Waals surface area contributed by atoms with E-state index in [-0.39, 0.29) is 16.7 Å². The first kappa shape index (κ1) is 12.6. The van der Waals surface area contributed by atoms with E-state index >= 15 is 0 Å². The lowest BCUT2D eigenvalue weighted by Crippen LogP contribution is -1.99. The molecule has 0 radical (unpaired) electrons. The van der Waals surface area contributed by atoms with Gasteiger partial charge in [-0.2, -0.15) is 4.98 Å². The van der Waals surface area contributed by atoms with Crippen LogP contribution in [0, 0.1) is 12.7 Å². The second kappa shape index (κ2) is 5.18. The Bertz CT molecular complexity index is 577. The summed E-state index contributed by atoms with van der Waals surface area (Å²) >= 11 is 5.89. The van der Waals surface area contributed by atoms with Crippen LogP contribution in [0.3, 0.4) is 0 Å². The number of nitrogens with zero attached hydrogens (tertiary/aromatic N) is 2. The largest absolute Gasteiger partial charge is 0.434 e. The molecule has 18 heavy (non-hydrogen) atoms. The first-order chi connectivity index (χ1) is 8.61. The van der Waals surface area contributed by atoms with Crippen molar-refractivity contribution >= 4 is 17.5 Å². The van der Waals surface area contributed by atoms with Crippen LogP contribution >= 0.6 is 11.6 Å². The van der Waals surface area contributed by atoms with Crippen LogP contribution in [0.1, 0.15) is 5.56 Å². The summed E-state index contributed by atoms with van der Waals surface area (Å²) in [6.45, 7) is 1.66. The minimum Gasteiger partial charge on any atom is -0.434 e. The molecule has 0 fully saturated rings. The molecule has 6 heteroatoms. The molecule has 0 atom stereocenters. The molecule has 0 saturated carbocycles. The van der Waals surface area contributed by atoms with E-state index in [1.54, 1.807) is 26.1 Å². The van der Waals surface area contributed by atoms with Crippen molar-refractivity contribution in [3.05, 3.63) is 40.8 Å². The van der Waals surface area contributed by atoms with Crippen LogP contribution < -0.4 is 10.1 Å². The van der Waals surface area contributed by atoms with Crippen molar-refractivity contribution in [2.24, 2.45) is 0 Å². The van der Waals surface area contributed by atoms with Gasteiger partial charge >= 0.3 is 0 Å². The van der Waals surface area contributed by atoms with Crippen molar-refractivity contribution in [2.75, 3.05) is 12.4 Å². The van der Waals surface area contributed by atoms with Crippen molar-refractivity contribution in [3.8, 4) is 11.6 Å². The molecule has 0 bridgehead atoms. The fourth-order valence-corrected chi connectivity index (χ4v) is 1.48. The number of benzene rings is 1. The van der Waals surface area contributed by atoms with Gasteiger partial charge in [0.25, 0.3) is 0 Å². The zero-order valence-electron chi connectivity index (χ0n) is 9.87. The summed E-state index contributed by atoms with van der Waals surface area (Å²) in [7, 11) is 1.67. The fraction of sp³-hybridized carbons (Fsp3) is 0.167. The third-order valence-corrected chi connectivity index (χ3v) is 2.56. The molecule has 0 unspecified atom stereocenters. The van der Waals surface area contributed by atoms with E-state index in [0.717, 1.165) is 0 Å². The average Bonchev–Trinajstić information content (AvgIpc) is 2.37. The molecule has 0 amide bonds. The Hall–Kier alpha value is -1.88. The van der Waals surface area contributed by atoms with Gasteiger partial charge in [0, 0.05) is 7.05 Å². The number of hydrogen-bond donors (Lipinski definition) is 1. The predicted molar refractivity (Wildman–Crippen MR) is 67.8 cm³/mol. The number of halogens is 2. The van der Waals surface area contributed by atoms with Gasteiger partial charge in [-0.1, -0.05) is 23.7 Å². The quantitative estimate of drug-likeness (QED) is 0.926. The van der Waals surface area contributed by atoms with E-state index in [1.165, 1.54) is 12.3 Å². The number of aromatic nitrogens is 2. The average molecular weight is 268 g/mol. The fourth-order valence-electron chi connectivity index (χ4n) is 1.35. The van der Waals surface area contributed by atoms with E-state index < -0.39 is 5.82 Å². The van der Waals surface area contributed by atoms with Crippen molar-refractivity contribution < 1.29 is 9.13 Å². The summed E-state index contributed by atoms with van der Waals surface area (Å²) in [6.07, 6.45) is 1.39. The highest BCUT2D eigenvalue weighted by atomic mass is 35.5. The number of aryl methyl sites for hydroxylation is 1. The highest BCUT2D eigenvalue weighted by Crippen LogP contribution is 2.29. The Balaban J connectivity index is 2.36. The van der Waals surface area contributed by atoms with E-state index in [9.17, 15) is 4.39 Å². The Labute approximate surface area is 109 Å². The van der Waals surface area contributed by atoms with Crippen molar-refractivity contribution in [1.82, 2.24) is 9.97 Å². The minimum absolute atomic E-state index is 0.0812. The maximum Gasteiger partial charge on any atom is 0.243 e. The van der Waals surface area contributed by atoms with Crippen LogP contribution in [-0.4, -0.2) is 17.0 Å². The highest BCUT2D eigenvalue weighted by Gasteiger charge is 2.11. The molecule has 2 rings (SSSR count). The highest BCUT2D eigenvalue weighted by molar-refractivity contribution is 6.31. The summed E-state index contributed by atoms with van der Waals surface area (Å²) in [5, 5.41) is 2.97. The van der Waals surface area contributed by atoms with Gasteiger partial charge in [0.05, 0.1) is 6.20 Å². The molecule has 0 spiro atoms. The molecule has 1 aromatic carbocycles. The summed E-state index contributed by atoms with van der Waals surface area (Å²) in [4.78, 5) is 7.92. The number of rotatable bonds is 3. The third kappa shape index (κ3) is 2.51. The molecule has 2 aromatic rings. The molecular weight excluding hydrogens is 257 g/mol. The summed E-state index contributed by atoms with van der Waals surface area (Å²) in [6, 6.07) is 4.87. The number of anilines is 1. The van der Waals surface area contributed by atoms with Crippen LogP contribution in [0.25, 0.3) is 0 Å². The van der Waals surface area contributed by atoms with Crippen LogP contribution in [-0.2, 0) is 0 Å². The molecule has 0 aliphatic heterocycles. The maximum atomic E-state index is 13.8. The van der Waals surface area contributed by atoms with Crippen LogP contribution in [0.15, 0.2) is 24.4 Å². The van der Waals surface area contributed by atoms with Gasteiger partial charge in [-0.05, 0) is 18.6 Å². The molecule has 94 valence electrons. The topological polar surface area (TPSA) is 47.0 Å². The molecule has 1 N–H and O–H groups in total. The number of hydrogen-bond acceptors (Lipinski definition) is 4. The smallest absolute Gasteiger partial charge is 0.243 e. The molecule has 0 aliphatic rings. The van der Waals surface area contributed by atoms with E-state index in [4.69, 9.17) is 16.3 Å². The standard InChI is InChI=1S/C12H11ClFN3O/c1-7-4-3-5-9(10(7)14)18-11-8(13)6-16-12(15-2)17-11/h3-6H,1-2H3,(H,15,16,17). The van der Waals surface area contributed by atoms with Crippen molar-refractivity contribution in [1.29, 1.82) is 0 Å². The minimum atomic E-state index is -0.432. The Morgan fingerprint density at radius 2 is 2.17 bits per heavy atom. The van der Waals surface area contributed by atoms with Gasteiger partial charge in [-0.25, -0.2) is 9.37 Å². The lowest BCUT2D eigenvalue weighted by atomic mass is 10.2. The summed E-state index contributed by atoms with van der Waals surface area (Å²) in [5.41, 5.74) is 0.492. The number of nitrogens with one attached hydrogen (secondary N) is 1. The van der Waals surface area contributed by atoms with Crippen LogP contribution in [0.5, 0.6) is 11.6 Å². The third-order valence-electron chi connectivity index (χ3n) is 2.30. The van der Waals surface area contributed by atoms with Gasteiger partial charge < -0.3 is 10.1 Å². The van der Waals surface area contributed by atoms with Gasteiger partial charge in [-0.15, -0.1) is 0 Å². The predicted octanol–water partition coefficient (Wildman–Crippen LogP) is 3.41. The summed E-state index contributed by atoms with van der Waals surface area (Å²) in [5.74, 6) is 0.110. The molecule has 1 aromatic heterocycles. The van der Waals surface area contributed by atoms with E-state index in [2.05, 4.69) is 15.3 Å². The second-order valence-corrected chi connectivity index (χ2v) is 3.99. The van der Waals surface area contributed by atoms with Gasteiger partial charge in [0.2, 0.25) is 11.8 Å². The van der Waals surface area contributed by atoms with Gasteiger partial charge in [-0.3, -0.25) is 0 Å². The monoisotopic (exact) mass is 267 g/mol. The van der Waals surface area contributed by atoms with E-state index in [1.807, 2.05) is 0 Å². The van der Waals surface area contributed by atoms with Crippen LogP contribution in [0.2, 0.25) is 5.02 Å². The Morgan fingerprint density at radius 3 is 2.89 bits per heavy atom. The lowest BCUT2D eigenvalue weighted by Gasteiger charge is -2.09. The van der Waals surface area contributed by atoms with Gasteiger partial charge in [0.15, 0.2) is 11.6 Å². The molecule has 0 saturated heterocycles. The second-order valence-electron chi connectivity index (χ2n) is 3.59. The lowest BCUT2D eigenvalue weighted by molar-refractivity contribution is 0.425. The van der Waals surface area contributed by atoms with Crippen molar-refractivity contribution in [3.63, 3.8) is 0 Å². The number of ether oxygens (including phenoxy) is 1. The normalized spacial score (nSPS) is 10.2. The first-order valence-electron chi connectivity index (χ1n) is 5.25. The zero-order chi connectivity index (χ0) is 13.1. The first-order valence-corrected chi connectivity index (χ1v) is 5.63. The Kier molecular flexibility index (Phi) is 3.62. The molecule has 0 aliphatic carbocycles. The Morgan fingerprint density at radius 1 is 1.39 bits per heavy atom. The molecular formula is C12H11ClFN3O. The zero-order valence-corrected chi connectivity index (χ0v) is 10.6. The van der Waals surface area contributed by atoms with Crippen LogP contribution in [0.4, 0.5) is 10.3 Å².